The molecule has 0 unspecified atom stereocenters. The fraction of sp³-hybridized carbons (Fsp3) is 0.643. The number of nitrogens with zero attached hydrogens (tertiary/aromatic N) is 1. The molecule has 0 aromatic carbocycles. The van der Waals surface area contributed by atoms with Crippen LogP contribution in [0.25, 0.3) is 0 Å². The second kappa shape index (κ2) is 5.89. The third-order valence-electron chi connectivity index (χ3n) is 3.71. The molecule has 1 saturated carbocycles. The molecule has 0 aliphatic heterocycles. The molecule has 1 aliphatic carbocycles. The molecule has 0 saturated heterocycles. The highest BCUT2D eigenvalue weighted by molar-refractivity contribution is 5.38. The molecule has 17 heavy (non-hydrogen) atoms. The molecular weight excluding hydrogens is 212 g/mol. The van der Waals surface area contributed by atoms with E-state index in [0.717, 1.165) is 11.7 Å². The maximum absolute atomic E-state index is 5.13. The van der Waals surface area contributed by atoms with Crippen molar-refractivity contribution in [2.75, 3.05) is 12.4 Å². The van der Waals surface area contributed by atoms with Crippen molar-refractivity contribution >= 4 is 5.82 Å². The van der Waals surface area contributed by atoms with E-state index >= 15 is 0 Å². The van der Waals surface area contributed by atoms with Gasteiger partial charge >= 0.3 is 0 Å². The Balaban J connectivity index is 1.88. The lowest BCUT2D eigenvalue weighted by Crippen LogP contribution is -2.26. The molecule has 3 heteroatoms. The average Bonchev–Trinajstić information content (AvgIpc) is 2.40. The number of methoxy groups -OCH3 is 1. The lowest BCUT2D eigenvalue weighted by molar-refractivity contribution is 0.329. The molecule has 1 aliphatic rings. The van der Waals surface area contributed by atoms with E-state index < -0.39 is 0 Å². The lowest BCUT2D eigenvalue weighted by atomic mass is 9.84. The number of nitrogens with one attached hydrogen (secondary N) is 1. The minimum atomic E-state index is 0.581. The molecule has 3 nitrogen and oxygen atoms in total. The van der Waals surface area contributed by atoms with E-state index in [4.69, 9.17) is 4.74 Å². The highest BCUT2D eigenvalue weighted by Crippen LogP contribution is 2.28. The van der Waals surface area contributed by atoms with Crippen LogP contribution >= 0.6 is 0 Å². The topological polar surface area (TPSA) is 34.1 Å². The van der Waals surface area contributed by atoms with Gasteiger partial charge in [0, 0.05) is 12.1 Å². The van der Waals surface area contributed by atoms with Gasteiger partial charge in [-0.05, 0) is 37.7 Å². The molecule has 1 aromatic heterocycles. The molecule has 1 N–H and O–H groups in total. The molecule has 0 amide bonds. The quantitative estimate of drug-likeness (QED) is 0.866. The molecule has 0 atom stereocenters. The summed E-state index contributed by atoms with van der Waals surface area (Å²) in [6.45, 7) is 2.29. The Hall–Kier alpha value is -1.25. The fourth-order valence-electron chi connectivity index (χ4n) is 2.53. The SMILES string of the molecule is CCC1CCC(Nc2cccc(OC)n2)CC1. The van der Waals surface area contributed by atoms with Crippen LogP contribution in [0.1, 0.15) is 39.0 Å². The number of anilines is 1. The van der Waals surface area contributed by atoms with Gasteiger partial charge in [0.1, 0.15) is 5.82 Å². The monoisotopic (exact) mass is 234 g/mol. The van der Waals surface area contributed by atoms with Crippen LogP contribution in [-0.4, -0.2) is 18.1 Å². The Morgan fingerprint density at radius 1 is 1.29 bits per heavy atom. The van der Waals surface area contributed by atoms with Crippen LogP contribution in [0.4, 0.5) is 5.82 Å². The first-order valence-electron chi connectivity index (χ1n) is 6.59. The summed E-state index contributed by atoms with van der Waals surface area (Å²) >= 11 is 0. The van der Waals surface area contributed by atoms with Crippen molar-refractivity contribution < 1.29 is 4.74 Å². The van der Waals surface area contributed by atoms with E-state index in [9.17, 15) is 0 Å². The van der Waals surface area contributed by atoms with E-state index in [1.54, 1.807) is 7.11 Å². The predicted octanol–water partition coefficient (Wildman–Crippen LogP) is 3.47. The smallest absolute Gasteiger partial charge is 0.214 e. The van der Waals surface area contributed by atoms with Crippen LogP contribution in [-0.2, 0) is 0 Å². The number of ether oxygens (including phenoxy) is 1. The van der Waals surface area contributed by atoms with Crippen molar-refractivity contribution in [1.29, 1.82) is 0 Å². The minimum absolute atomic E-state index is 0.581. The summed E-state index contributed by atoms with van der Waals surface area (Å²) in [5, 5.41) is 3.51. The summed E-state index contributed by atoms with van der Waals surface area (Å²) in [4.78, 5) is 4.39. The summed E-state index contributed by atoms with van der Waals surface area (Å²) in [7, 11) is 1.65. The summed E-state index contributed by atoms with van der Waals surface area (Å²) < 4.78 is 5.13. The van der Waals surface area contributed by atoms with Gasteiger partial charge in [0.15, 0.2) is 0 Å². The van der Waals surface area contributed by atoms with Crippen LogP contribution in [0.3, 0.4) is 0 Å². The molecule has 0 spiro atoms. The van der Waals surface area contributed by atoms with Gasteiger partial charge < -0.3 is 10.1 Å². The minimum Gasteiger partial charge on any atom is -0.481 e. The van der Waals surface area contributed by atoms with Crippen LogP contribution in [0.5, 0.6) is 5.88 Å². The summed E-state index contributed by atoms with van der Waals surface area (Å²) in [6.07, 6.45) is 6.54. The summed E-state index contributed by atoms with van der Waals surface area (Å²) in [5.41, 5.74) is 0. The fourth-order valence-corrected chi connectivity index (χ4v) is 2.53. The molecule has 1 aromatic rings. The predicted molar refractivity (Wildman–Crippen MR) is 70.4 cm³/mol. The first kappa shape index (κ1) is 12.2. The second-order valence-electron chi connectivity index (χ2n) is 4.84. The molecule has 1 fully saturated rings. The zero-order valence-corrected chi connectivity index (χ0v) is 10.8. The zero-order chi connectivity index (χ0) is 12.1. The lowest BCUT2D eigenvalue weighted by Gasteiger charge is -2.28. The maximum Gasteiger partial charge on any atom is 0.214 e. The van der Waals surface area contributed by atoms with Gasteiger partial charge in [0.05, 0.1) is 7.11 Å². The van der Waals surface area contributed by atoms with Crippen LogP contribution in [0.2, 0.25) is 0 Å². The summed E-state index contributed by atoms with van der Waals surface area (Å²) in [5.74, 6) is 2.55. The van der Waals surface area contributed by atoms with Crippen molar-refractivity contribution in [2.45, 2.75) is 45.1 Å². The van der Waals surface area contributed by atoms with Crippen LogP contribution in [0, 0.1) is 5.92 Å². The third kappa shape index (κ3) is 3.35. The van der Waals surface area contributed by atoms with E-state index in [2.05, 4.69) is 17.2 Å². The molecule has 0 bridgehead atoms. The standard InChI is InChI=1S/C14H22N2O/c1-3-11-7-9-12(10-8-11)15-13-5-4-6-14(16-13)17-2/h4-6,11-12H,3,7-10H2,1-2H3,(H,15,16). The van der Waals surface area contributed by atoms with Gasteiger partial charge in [0.2, 0.25) is 5.88 Å². The molecular formula is C14H22N2O. The van der Waals surface area contributed by atoms with E-state index in [-0.39, 0.29) is 0 Å². The number of hydrogen-bond acceptors (Lipinski definition) is 3. The Bertz CT molecular complexity index is 346. The Kier molecular flexibility index (Phi) is 4.24. The Morgan fingerprint density at radius 3 is 2.71 bits per heavy atom. The highest BCUT2D eigenvalue weighted by Gasteiger charge is 2.19. The first-order chi connectivity index (χ1) is 8.31. The molecule has 2 rings (SSSR count). The largest absolute Gasteiger partial charge is 0.481 e. The van der Waals surface area contributed by atoms with Gasteiger partial charge in [0.25, 0.3) is 0 Å². The number of pyridine rings is 1. The first-order valence-corrected chi connectivity index (χ1v) is 6.59. The highest BCUT2D eigenvalue weighted by atomic mass is 16.5. The third-order valence-corrected chi connectivity index (χ3v) is 3.71. The molecule has 1 heterocycles. The van der Waals surface area contributed by atoms with Crippen molar-refractivity contribution in [1.82, 2.24) is 4.98 Å². The second-order valence-corrected chi connectivity index (χ2v) is 4.84. The molecule has 0 radical (unpaired) electrons. The van der Waals surface area contributed by atoms with E-state index in [1.165, 1.54) is 32.1 Å². The van der Waals surface area contributed by atoms with Gasteiger partial charge in [-0.15, -0.1) is 0 Å². The number of hydrogen-bond donors (Lipinski definition) is 1. The van der Waals surface area contributed by atoms with E-state index in [0.29, 0.717) is 11.9 Å². The maximum atomic E-state index is 5.13. The molecule has 94 valence electrons. The van der Waals surface area contributed by atoms with Crippen LogP contribution < -0.4 is 10.1 Å². The van der Waals surface area contributed by atoms with Gasteiger partial charge in [-0.2, -0.15) is 4.98 Å². The summed E-state index contributed by atoms with van der Waals surface area (Å²) in [6, 6.07) is 6.44. The van der Waals surface area contributed by atoms with Crippen molar-refractivity contribution in [3.05, 3.63) is 18.2 Å². The van der Waals surface area contributed by atoms with Crippen molar-refractivity contribution in [3.63, 3.8) is 0 Å². The van der Waals surface area contributed by atoms with Gasteiger partial charge in [-0.3, -0.25) is 0 Å². The average molecular weight is 234 g/mol. The zero-order valence-electron chi connectivity index (χ0n) is 10.8. The van der Waals surface area contributed by atoms with Crippen molar-refractivity contribution in [3.8, 4) is 5.88 Å². The Morgan fingerprint density at radius 2 is 2.06 bits per heavy atom. The van der Waals surface area contributed by atoms with Crippen LogP contribution in [0.15, 0.2) is 18.2 Å². The van der Waals surface area contributed by atoms with Gasteiger partial charge in [-0.25, -0.2) is 0 Å². The number of aromatic nitrogens is 1. The number of rotatable bonds is 4. The van der Waals surface area contributed by atoms with Gasteiger partial charge in [-0.1, -0.05) is 19.4 Å². The van der Waals surface area contributed by atoms with Crippen molar-refractivity contribution in [2.24, 2.45) is 5.92 Å². The van der Waals surface area contributed by atoms with E-state index in [1.807, 2.05) is 18.2 Å². The normalized spacial score (nSPS) is 24.4. The Labute approximate surface area is 104 Å².